The van der Waals surface area contributed by atoms with E-state index in [4.69, 9.17) is 11.6 Å². The van der Waals surface area contributed by atoms with Crippen molar-refractivity contribution in [1.82, 2.24) is 20.8 Å². The number of nitrogens with zero attached hydrogens (tertiary/aromatic N) is 1. The zero-order valence-corrected chi connectivity index (χ0v) is 13.5. The third kappa shape index (κ3) is 4.28. The Morgan fingerprint density at radius 3 is 2.64 bits per heavy atom. The first-order chi connectivity index (χ1) is 11.8. The number of hydrazine groups is 1. The summed E-state index contributed by atoms with van der Waals surface area (Å²) in [5, 5.41) is 0.620. The van der Waals surface area contributed by atoms with Crippen molar-refractivity contribution in [2.75, 3.05) is 6.54 Å². The lowest BCUT2D eigenvalue weighted by atomic mass is 9.94. The summed E-state index contributed by atoms with van der Waals surface area (Å²) >= 11 is 5.88. The molecule has 0 radical (unpaired) electrons. The number of benzene rings is 1. The van der Waals surface area contributed by atoms with Crippen molar-refractivity contribution < 1.29 is 13.2 Å². The highest BCUT2D eigenvalue weighted by molar-refractivity contribution is 6.30. The van der Waals surface area contributed by atoms with Gasteiger partial charge in [-0.2, -0.15) is 18.2 Å². The van der Waals surface area contributed by atoms with Gasteiger partial charge in [0.25, 0.3) is 0 Å². The maximum Gasteiger partial charge on any atom is 0.431 e. The van der Waals surface area contributed by atoms with Crippen LogP contribution >= 0.6 is 11.6 Å². The Labute approximate surface area is 145 Å². The van der Waals surface area contributed by atoms with Crippen molar-refractivity contribution in [1.29, 1.82) is 0 Å². The zero-order valence-electron chi connectivity index (χ0n) is 12.8. The normalized spacial score (nSPS) is 21.1. The molecule has 2 aromatic rings. The van der Waals surface area contributed by atoms with Gasteiger partial charge >= 0.3 is 11.9 Å². The number of hydrogen-bond donors (Lipinski definition) is 3. The maximum atomic E-state index is 12.8. The fourth-order valence-corrected chi connectivity index (χ4v) is 2.75. The third-order valence-corrected chi connectivity index (χ3v) is 4.09. The van der Waals surface area contributed by atoms with E-state index >= 15 is 0 Å². The molecular weight excluding hydrogens is 357 g/mol. The Morgan fingerprint density at radius 2 is 1.96 bits per heavy atom. The standard InChI is InChI=1S/C16H14ClF3N4O/c17-11-4-1-9(2-5-11)14-10(8-21-24-14)3-6-12-7-13(16(18,19)20)23-15(25)22-12/h1-7,10,14,21,24H,8H2,(H,22,23,25)/b6-3+. The molecule has 3 N–H and O–H groups in total. The Kier molecular flexibility index (Phi) is 4.94. The molecule has 1 aromatic heterocycles. The first kappa shape index (κ1) is 17.7. The molecule has 3 rings (SSSR count). The fourth-order valence-electron chi connectivity index (χ4n) is 2.63. The van der Waals surface area contributed by atoms with E-state index in [1.807, 2.05) is 12.1 Å². The minimum Gasteiger partial charge on any atom is -0.302 e. The molecule has 5 nitrogen and oxygen atoms in total. The molecule has 2 unspecified atom stereocenters. The average molecular weight is 371 g/mol. The predicted molar refractivity (Wildman–Crippen MR) is 87.7 cm³/mol. The summed E-state index contributed by atoms with van der Waals surface area (Å²) in [5.41, 5.74) is 4.91. The van der Waals surface area contributed by atoms with Crippen molar-refractivity contribution >= 4 is 17.7 Å². The van der Waals surface area contributed by atoms with Gasteiger partial charge in [-0.25, -0.2) is 10.2 Å². The maximum absolute atomic E-state index is 12.8. The Morgan fingerprint density at radius 1 is 1.24 bits per heavy atom. The van der Waals surface area contributed by atoms with Crippen LogP contribution in [-0.2, 0) is 6.18 Å². The van der Waals surface area contributed by atoms with E-state index in [2.05, 4.69) is 15.8 Å². The van der Waals surface area contributed by atoms with Gasteiger partial charge in [-0.15, -0.1) is 0 Å². The number of alkyl halides is 3. The molecule has 2 heterocycles. The fraction of sp³-hybridized carbons (Fsp3) is 0.250. The van der Waals surface area contributed by atoms with Crippen LogP contribution in [0.4, 0.5) is 13.2 Å². The van der Waals surface area contributed by atoms with Crippen LogP contribution in [0.3, 0.4) is 0 Å². The number of halogens is 4. The van der Waals surface area contributed by atoms with Crippen molar-refractivity contribution in [3.63, 3.8) is 0 Å². The minimum atomic E-state index is -4.63. The SMILES string of the molecule is O=c1nc(/C=C/C2CNNC2c2ccc(Cl)cc2)cc(C(F)(F)F)[nH]1. The lowest BCUT2D eigenvalue weighted by Crippen LogP contribution is -2.24. The molecule has 25 heavy (non-hydrogen) atoms. The van der Waals surface area contributed by atoms with Gasteiger partial charge in [-0.1, -0.05) is 29.8 Å². The molecule has 2 atom stereocenters. The lowest BCUT2D eigenvalue weighted by Gasteiger charge is -2.15. The van der Waals surface area contributed by atoms with Crippen LogP contribution in [-0.4, -0.2) is 16.5 Å². The average Bonchev–Trinajstić information content (AvgIpc) is 3.01. The molecule has 0 amide bonds. The second-order valence-electron chi connectivity index (χ2n) is 5.60. The highest BCUT2D eigenvalue weighted by atomic mass is 35.5. The summed E-state index contributed by atoms with van der Waals surface area (Å²) in [6, 6.07) is 8.03. The molecule has 0 spiro atoms. The van der Waals surface area contributed by atoms with Gasteiger partial charge in [0.1, 0.15) is 5.69 Å². The highest BCUT2D eigenvalue weighted by Gasteiger charge is 2.32. The van der Waals surface area contributed by atoms with Crippen LogP contribution in [0.15, 0.2) is 41.2 Å². The minimum absolute atomic E-state index is 0.0309. The van der Waals surface area contributed by atoms with E-state index in [-0.39, 0.29) is 17.7 Å². The molecular formula is C16H14ClF3N4O. The van der Waals surface area contributed by atoms with Gasteiger partial charge in [0.05, 0.1) is 11.7 Å². The largest absolute Gasteiger partial charge is 0.431 e. The van der Waals surface area contributed by atoms with E-state index in [1.54, 1.807) is 23.2 Å². The Hall–Kier alpha value is -2.16. The van der Waals surface area contributed by atoms with Gasteiger partial charge < -0.3 is 4.98 Å². The molecule has 0 aliphatic carbocycles. The second kappa shape index (κ2) is 6.99. The van der Waals surface area contributed by atoms with E-state index < -0.39 is 17.6 Å². The number of H-pyrrole nitrogens is 1. The lowest BCUT2D eigenvalue weighted by molar-refractivity contribution is -0.141. The smallest absolute Gasteiger partial charge is 0.302 e. The highest BCUT2D eigenvalue weighted by Crippen LogP contribution is 2.29. The van der Waals surface area contributed by atoms with Crippen LogP contribution < -0.4 is 16.5 Å². The molecule has 1 aliphatic rings. The van der Waals surface area contributed by atoms with Gasteiger partial charge in [-0.3, -0.25) is 5.43 Å². The summed E-state index contributed by atoms with van der Waals surface area (Å²) in [7, 11) is 0. The van der Waals surface area contributed by atoms with Crippen LogP contribution in [0.2, 0.25) is 5.02 Å². The van der Waals surface area contributed by atoms with Crippen molar-refractivity contribution in [2.45, 2.75) is 12.2 Å². The third-order valence-electron chi connectivity index (χ3n) is 3.84. The topological polar surface area (TPSA) is 69.8 Å². The van der Waals surface area contributed by atoms with Gasteiger partial charge in [0.15, 0.2) is 0 Å². The van der Waals surface area contributed by atoms with Crippen LogP contribution in [0, 0.1) is 5.92 Å². The summed E-state index contributed by atoms with van der Waals surface area (Å²) in [6.07, 6.45) is -1.48. The zero-order chi connectivity index (χ0) is 18.0. The van der Waals surface area contributed by atoms with Gasteiger partial charge in [-0.05, 0) is 29.8 Å². The predicted octanol–water partition coefficient (Wildman–Crippen LogP) is 2.92. The van der Waals surface area contributed by atoms with E-state index in [0.29, 0.717) is 11.6 Å². The van der Waals surface area contributed by atoms with Crippen LogP contribution in [0.5, 0.6) is 0 Å². The van der Waals surface area contributed by atoms with Crippen molar-refractivity contribution in [3.05, 3.63) is 68.9 Å². The second-order valence-corrected chi connectivity index (χ2v) is 6.04. The Balaban J connectivity index is 1.82. The van der Waals surface area contributed by atoms with Crippen LogP contribution in [0.1, 0.15) is 23.0 Å². The molecule has 1 fully saturated rings. The van der Waals surface area contributed by atoms with E-state index in [9.17, 15) is 18.0 Å². The molecule has 132 valence electrons. The molecule has 9 heteroatoms. The van der Waals surface area contributed by atoms with Crippen molar-refractivity contribution in [2.24, 2.45) is 5.92 Å². The first-order valence-corrected chi connectivity index (χ1v) is 7.81. The van der Waals surface area contributed by atoms with E-state index in [1.165, 1.54) is 6.08 Å². The molecule has 1 aromatic carbocycles. The van der Waals surface area contributed by atoms with Gasteiger partial charge in [0.2, 0.25) is 0 Å². The number of aromatic amines is 1. The quantitative estimate of drug-likeness (QED) is 0.777. The molecule has 0 saturated carbocycles. The number of rotatable bonds is 3. The Bertz CT molecular complexity index is 833. The monoisotopic (exact) mass is 370 g/mol. The molecule has 1 aliphatic heterocycles. The summed E-state index contributed by atoms with van der Waals surface area (Å²) in [6.45, 7) is 0.582. The van der Waals surface area contributed by atoms with E-state index in [0.717, 1.165) is 11.6 Å². The summed E-state index contributed by atoms with van der Waals surface area (Å²) in [4.78, 5) is 16.6. The van der Waals surface area contributed by atoms with Crippen LogP contribution in [0.25, 0.3) is 6.08 Å². The summed E-state index contributed by atoms with van der Waals surface area (Å²) < 4.78 is 38.3. The molecule has 0 bridgehead atoms. The molecule has 1 saturated heterocycles. The first-order valence-electron chi connectivity index (χ1n) is 7.43. The van der Waals surface area contributed by atoms with Gasteiger partial charge in [0, 0.05) is 17.5 Å². The summed E-state index contributed by atoms with van der Waals surface area (Å²) in [5.74, 6) is -0.0309. The number of hydrogen-bond acceptors (Lipinski definition) is 4. The van der Waals surface area contributed by atoms with Crippen molar-refractivity contribution in [3.8, 4) is 0 Å². The number of aromatic nitrogens is 2. The number of nitrogens with one attached hydrogen (secondary N) is 3.